The van der Waals surface area contributed by atoms with Crippen LogP contribution in [0, 0.1) is 0 Å². The Morgan fingerprint density at radius 1 is 1.03 bits per heavy atom. The number of para-hydroxylation sites is 1. The first-order chi connectivity index (χ1) is 15.0. The van der Waals surface area contributed by atoms with Gasteiger partial charge in [-0.25, -0.2) is 0 Å². The van der Waals surface area contributed by atoms with Crippen LogP contribution in [-0.4, -0.2) is 38.5 Å². The first-order valence-corrected chi connectivity index (χ1v) is 11.0. The van der Waals surface area contributed by atoms with Crippen LogP contribution in [0.3, 0.4) is 0 Å². The van der Waals surface area contributed by atoms with Crippen molar-refractivity contribution in [2.75, 3.05) is 17.7 Å². The second-order valence-corrected chi connectivity index (χ2v) is 8.32. The number of hydrogen-bond acceptors (Lipinski definition) is 5. The van der Waals surface area contributed by atoms with Crippen LogP contribution in [0.5, 0.6) is 0 Å². The average molecular weight is 470 g/mol. The molecule has 4 rings (SSSR count). The summed E-state index contributed by atoms with van der Waals surface area (Å²) in [6, 6.07) is 18.5. The minimum atomic E-state index is -0.0529. The molecule has 0 saturated heterocycles. The summed E-state index contributed by atoms with van der Waals surface area (Å²) in [4.78, 5) is 18.5. The van der Waals surface area contributed by atoms with Crippen LogP contribution in [-0.2, 0) is 4.79 Å². The molecule has 0 fully saturated rings. The molecule has 9 heteroatoms. The second kappa shape index (κ2) is 9.51. The van der Waals surface area contributed by atoms with Crippen LogP contribution in [0.25, 0.3) is 17.1 Å². The Balaban J connectivity index is 1.65. The number of nitrogens with zero attached hydrogens (tertiary/aromatic N) is 5. The SMILES string of the molecule is CN(C(=O)CSc1nnc(-c2cccnc2)n1-c1ccc(Cl)c(Cl)c1)c1ccccc1. The van der Waals surface area contributed by atoms with Crippen molar-refractivity contribution in [3.05, 3.63) is 83.1 Å². The van der Waals surface area contributed by atoms with Crippen LogP contribution in [0.1, 0.15) is 0 Å². The zero-order valence-corrected chi connectivity index (χ0v) is 18.8. The molecular weight excluding hydrogens is 453 g/mol. The Hall–Kier alpha value is -2.87. The van der Waals surface area contributed by atoms with Crippen molar-refractivity contribution in [2.24, 2.45) is 0 Å². The molecule has 0 N–H and O–H groups in total. The Bertz CT molecular complexity index is 1200. The van der Waals surface area contributed by atoms with Crippen molar-refractivity contribution in [1.29, 1.82) is 0 Å². The Morgan fingerprint density at radius 2 is 1.84 bits per heavy atom. The maximum Gasteiger partial charge on any atom is 0.237 e. The normalized spacial score (nSPS) is 10.8. The van der Waals surface area contributed by atoms with Gasteiger partial charge in [0.15, 0.2) is 11.0 Å². The van der Waals surface area contributed by atoms with Crippen LogP contribution in [0.15, 0.2) is 78.2 Å². The quantitative estimate of drug-likeness (QED) is 0.354. The molecule has 0 unspecified atom stereocenters. The van der Waals surface area contributed by atoms with Gasteiger partial charge in [0.2, 0.25) is 5.91 Å². The van der Waals surface area contributed by atoms with Gasteiger partial charge in [-0.3, -0.25) is 14.3 Å². The van der Waals surface area contributed by atoms with E-state index in [0.717, 1.165) is 16.9 Å². The first-order valence-electron chi connectivity index (χ1n) is 9.30. The molecule has 156 valence electrons. The van der Waals surface area contributed by atoms with E-state index in [9.17, 15) is 4.79 Å². The summed E-state index contributed by atoms with van der Waals surface area (Å²) in [5.74, 6) is 0.735. The standard InChI is InChI=1S/C22H17Cl2N5OS/c1-28(16-7-3-2-4-8-16)20(30)14-31-22-27-26-21(15-6-5-11-25-13-15)29(22)17-9-10-18(23)19(24)12-17/h2-13H,14H2,1H3. The van der Waals surface area contributed by atoms with E-state index in [1.807, 2.05) is 53.1 Å². The third kappa shape index (κ3) is 4.74. The molecule has 0 aliphatic rings. The van der Waals surface area contributed by atoms with Crippen molar-refractivity contribution >= 4 is 46.6 Å². The molecule has 0 bridgehead atoms. The third-order valence-electron chi connectivity index (χ3n) is 4.56. The van der Waals surface area contributed by atoms with Crippen molar-refractivity contribution < 1.29 is 4.79 Å². The van der Waals surface area contributed by atoms with Gasteiger partial charge in [0, 0.05) is 30.7 Å². The maximum atomic E-state index is 12.7. The number of aromatic nitrogens is 4. The van der Waals surface area contributed by atoms with E-state index in [1.165, 1.54) is 11.8 Å². The van der Waals surface area contributed by atoms with Crippen LogP contribution < -0.4 is 4.90 Å². The number of halogens is 2. The van der Waals surface area contributed by atoms with Crippen molar-refractivity contribution in [2.45, 2.75) is 5.16 Å². The van der Waals surface area contributed by atoms with Gasteiger partial charge < -0.3 is 4.90 Å². The molecule has 0 aliphatic heterocycles. The molecule has 0 aliphatic carbocycles. The Labute approximate surface area is 193 Å². The summed E-state index contributed by atoms with van der Waals surface area (Å²) < 4.78 is 1.85. The van der Waals surface area contributed by atoms with Crippen molar-refractivity contribution in [3.8, 4) is 17.1 Å². The second-order valence-electron chi connectivity index (χ2n) is 6.56. The number of benzene rings is 2. The lowest BCUT2D eigenvalue weighted by Gasteiger charge is -2.17. The molecule has 31 heavy (non-hydrogen) atoms. The fraction of sp³-hybridized carbons (Fsp3) is 0.0909. The Morgan fingerprint density at radius 3 is 2.55 bits per heavy atom. The van der Waals surface area contributed by atoms with Crippen molar-refractivity contribution in [3.63, 3.8) is 0 Å². The lowest BCUT2D eigenvalue weighted by molar-refractivity contribution is -0.115. The molecule has 2 aromatic carbocycles. The summed E-state index contributed by atoms with van der Waals surface area (Å²) >= 11 is 13.6. The lowest BCUT2D eigenvalue weighted by atomic mass is 10.2. The molecule has 0 saturated carbocycles. The van der Waals surface area contributed by atoms with Crippen LogP contribution in [0.2, 0.25) is 10.0 Å². The van der Waals surface area contributed by atoms with Gasteiger partial charge in [0.1, 0.15) is 0 Å². The minimum absolute atomic E-state index is 0.0529. The van der Waals surface area contributed by atoms with Gasteiger partial charge in [-0.2, -0.15) is 0 Å². The number of anilines is 1. The minimum Gasteiger partial charge on any atom is -0.315 e. The number of thioether (sulfide) groups is 1. The van der Waals surface area contributed by atoms with E-state index in [-0.39, 0.29) is 11.7 Å². The predicted molar refractivity (Wildman–Crippen MR) is 125 cm³/mol. The molecule has 1 amide bonds. The van der Waals surface area contributed by atoms with Crippen LogP contribution >= 0.6 is 35.0 Å². The number of rotatable bonds is 6. The van der Waals surface area contributed by atoms with Gasteiger partial charge in [-0.05, 0) is 42.5 Å². The van der Waals surface area contributed by atoms with Gasteiger partial charge in [0.05, 0.1) is 21.5 Å². The molecule has 0 atom stereocenters. The van der Waals surface area contributed by atoms with E-state index < -0.39 is 0 Å². The molecule has 4 aromatic rings. The fourth-order valence-corrected chi connectivity index (χ4v) is 4.08. The van der Waals surface area contributed by atoms with E-state index in [4.69, 9.17) is 23.2 Å². The highest BCUT2D eigenvalue weighted by Crippen LogP contribution is 2.31. The summed E-state index contributed by atoms with van der Waals surface area (Å²) in [5.41, 5.74) is 2.36. The molecular formula is C22H17Cl2N5OS. The van der Waals surface area contributed by atoms with Crippen molar-refractivity contribution in [1.82, 2.24) is 19.7 Å². The molecule has 6 nitrogen and oxygen atoms in total. The predicted octanol–water partition coefficient (Wildman–Crippen LogP) is 5.39. The maximum absolute atomic E-state index is 12.7. The van der Waals surface area contributed by atoms with Gasteiger partial charge in [-0.1, -0.05) is 53.2 Å². The highest BCUT2D eigenvalue weighted by atomic mass is 35.5. The van der Waals surface area contributed by atoms with E-state index in [1.54, 1.807) is 36.5 Å². The number of amides is 1. The van der Waals surface area contributed by atoms with Gasteiger partial charge in [0.25, 0.3) is 0 Å². The van der Waals surface area contributed by atoms with Crippen LogP contribution in [0.4, 0.5) is 5.69 Å². The van der Waals surface area contributed by atoms with E-state index >= 15 is 0 Å². The number of hydrogen-bond donors (Lipinski definition) is 0. The average Bonchev–Trinajstić information content (AvgIpc) is 3.24. The summed E-state index contributed by atoms with van der Waals surface area (Å²) in [5, 5.41) is 10.1. The molecule has 2 aromatic heterocycles. The first kappa shape index (κ1) is 21.4. The lowest BCUT2D eigenvalue weighted by Crippen LogP contribution is -2.27. The van der Waals surface area contributed by atoms with Gasteiger partial charge >= 0.3 is 0 Å². The topological polar surface area (TPSA) is 63.9 Å². The molecule has 2 heterocycles. The monoisotopic (exact) mass is 469 g/mol. The largest absolute Gasteiger partial charge is 0.315 e. The smallest absolute Gasteiger partial charge is 0.237 e. The fourth-order valence-electron chi connectivity index (χ4n) is 2.92. The van der Waals surface area contributed by atoms with E-state index in [0.29, 0.717) is 21.0 Å². The molecule has 0 spiro atoms. The highest BCUT2D eigenvalue weighted by molar-refractivity contribution is 7.99. The van der Waals surface area contributed by atoms with E-state index in [2.05, 4.69) is 15.2 Å². The highest BCUT2D eigenvalue weighted by Gasteiger charge is 2.19. The third-order valence-corrected chi connectivity index (χ3v) is 6.21. The van der Waals surface area contributed by atoms with Gasteiger partial charge in [-0.15, -0.1) is 10.2 Å². The number of carbonyl (C=O) groups excluding carboxylic acids is 1. The molecule has 0 radical (unpaired) electrons. The zero-order valence-electron chi connectivity index (χ0n) is 16.4. The summed E-state index contributed by atoms with van der Waals surface area (Å²) in [6.07, 6.45) is 3.40. The zero-order chi connectivity index (χ0) is 21.8. The Kier molecular flexibility index (Phi) is 6.56. The summed E-state index contributed by atoms with van der Waals surface area (Å²) in [7, 11) is 1.75. The number of carbonyl (C=O) groups is 1. The summed E-state index contributed by atoms with van der Waals surface area (Å²) in [6.45, 7) is 0. The number of pyridine rings is 1.